The van der Waals surface area contributed by atoms with Gasteiger partial charge in [-0.1, -0.05) is 79.9 Å². The Hall–Kier alpha value is -1.84. The number of hydrogen-bond acceptors (Lipinski definition) is 3. The topological polar surface area (TPSA) is 35.5 Å². The lowest BCUT2D eigenvalue weighted by Crippen LogP contribution is -2.14. The lowest BCUT2D eigenvalue weighted by atomic mass is 9.77. The molecule has 0 amide bonds. The normalized spacial score (nSPS) is 17.9. The van der Waals surface area contributed by atoms with E-state index in [1.165, 1.54) is 62.5 Å². The van der Waals surface area contributed by atoms with Gasteiger partial charge in [-0.2, -0.15) is 0 Å². The van der Waals surface area contributed by atoms with Crippen molar-refractivity contribution in [1.82, 2.24) is 0 Å². The summed E-state index contributed by atoms with van der Waals surface area (Å²) in [5, 5.41) is 0. The van der Waals surface area contributed by atoms with E-state index in [1.54, 1.807) is 0 Å². The van der Waals surface area contributed by atoms with Crippen LogP contribution in [0.25, 0.3) is 0 Å². The Morgan fingerprint density at radius 1 is 0.857 bits per heavy atom. The maximum Gasteiger partial charge on any atom is 0.305 e. The van der Waals surface area contributed by atoms with Crippen LogP contribution in [0.2, 0.25) is 0 Å². The number of esters is 1. The van der Waals surface area contributed by atoms with Crippen molar-refractivity contribution in [3.63, 3.8) is 0 Å². The first-order valence-corrected chi connectivity index (χ1v) is 14.2. The molecule has 0 saturated heterocycles. The van der Waals surface area contributed by atoms with Crippen LogP contribution in [0.3, 0.4) is 0 Å². The number of alkyl halides is 1. The van der Waals surface area contributed by atoms with Crippen molar-refractivity contribution >= 4 is 17.6 Å². The zero-order chi connectivity index (χ0) is 24.7. The van der Waals surface area contributed by atoms with Gasteiger partial charge in [-0.15, -0.1) is 0 Å². The van der Waals surface area contributed by atoms with Gasteiger partial charge in [0.05, 0.1) is 13.2 Å². The first kappa shape index (κ1) is 27.7. The highest BCUT2D eigenvalue weighted by Gasteiger charge is 2.22. The Kier molecular flexibility index (Phi) is 12.7. The first-order chi connectivity index (χ1) is 17.2. The standard InChI is InChI=1S/C31H43ClO3/c1-2-3-4-6-25-13-17-29(18-14-25)30-19-15-26(16-20-30)7-5-8-31(33)35-22-21-27-9-11-28(12-10-27)23-34-24-32/h9-14,17-18,26,30H,2-8,15-16,19-24H2,1H3. The maximum absolute atomic E-state index is 12.1. The van der Waals surface area contributed by atoms with E-state index in [-0.39, 0.29) is 12.0 Å². The molecule has 35 heavy (non-hydrogen) atoms. The van der Waals surface area contributed by atoms with Gasteiger partial charge < -0.3 is 9.47 Å². The molecule has 3 nitrogen and oxygen atoms in total. The SMILES string of the molecule is CCCCCc1ccc(C2CCC(CCCC(=O)OCCc3ccc(COCCl)cc3)CC2)cc1. The van der Waals surface area contributed by atoms with E-state index in [0.29, 0.717) is 25.6 Å². The van der Waals surface area contributed by atoms with Gasteiger partial charge in [0.15, 0.2) is 0 Å². The van der Waals surface area contributed by atoms with E-state index in [1.807, 2.05) is 12.1 Å². The number of hydrogen-bond donors (Lipinski definition) is 0. The maximum atomic E-state index is 12.1. The number of benzene rings is 2. The third-order valence-electron chi connectivity index (χ3n) is 7.38. The summed E-state index contributed by atoms with van der Waals surface area (Å²) in [7, 11) is 0. The highest BCUT2D eigenvalue weighted by atomic mass is 35.5. The summed E-state index contributed by atoms with van der Waals surface area (Å²) >= 11 is 5.54. The van der Waals surface area contributed by atoms with Crippen LogP contribution >= 0.6 is 11.6 Å². The van der Waals surface area contributed by atoms with Crippen molar-refractivity contribution in [2.45, 2.75) is 96.5 Å². The zero-order valence-corrected chi connectivity index (χ0v) is 22.2. The van der Waals surface area contributed by atoms with E-state index in [0.717, 1.165) is 36.3 Å². The van der Waals surface area contributed by atoms with Gasteiger partial charge in [0, 0.05) is 12.8 Å². The predicted octanol–water partition coefficient (Wildman–Crippen LogP) is 8.36. The van der Waals surface area contributed by atoms with E-state index >= 15 is 0 Å². The quantitative estimate of drug-likeness (QED) is 0.140. The fraction of sp³-hybridized carbons (Fsp3) is 0.581. The number of halogens is 1. The summed E-state index contributed by atoms with van der Waals surface area (Å²) in [6.45, 7) is 3.22. The molecule has 3 rings (SSSR count). The van der Waals surface area contributed by atoms with Gasteiger partial charge in [0.1, 0.15) is 6.07 Å². The van der Waals surface area contributed by atoms with Crippen molar-refractivity contribution < 1.29 is 14.3 Å². The minimum atomic E-state index is -0.0650. The number of unbranched alkanes of at least 4 members (excludes halogenated alkanes) is 2. The Balaban J connectivity index is 1.25. The predicted molar refractivity (Wildman–Crippen MR) is 145 cm³/mol. The lowest BCUT2D eigenvalue weighted by molar-refractivity contribution is -0.143. The van der Waals surface area contributed by atoms with Crippen LogP contribution in [-0.2, 0) is 33.7 Å². The van der Waals surface area contributed by atoms with Crippen molar-refractivity contribution in [3.8, 4) is 0 Å². The molecule has 1 fully saturated rings. The summed E-state index contributed by atoms with van der Waals surface area (Å²) in [4.78, 5) is 12.1. The molecule has 1 aliphatic carbocycles. The average Bonchev–Trinajstić information content (AvgIpc) is 2.89. The molecule has 2 aromatic carbocycles. The van der Waals surface area contributed by atoms with Gasteiger partial charge in [0.2, 0.25) is 0 Å². The fourth-order valence-electron chi connectivity index (χ4n) is 5.17. The molecular formula is C31H43ClO3. The highest BCUT2D eigenvalue weighted by molar-refractivity contribution is 6.17. The molecule has 0 N–H and O–H groups in total. The summed E-state index contributed by atoms with van der Waals surface area (Å²) < 4.78 is 10.7. The Bertz CT molecular complexity index is 839. The van der Waals surface area contributed by atoms with Gasteiger partial charge in [-0.25, -0.2) is 0 Å². The average molecular weight is 499 g/mol. The minimum absolute atomic E-state index is 0.0650. The Morgan fingerprint density at radius 2 is 1.51 bits per heavy atom. The molecule has 0 unspecified atom stereocenters. The van der Waals surface area contributed by atoms with Crippen molar-refractivity contribution in [2.75, 3.05) is 12.7 Å². The second kappa shape index (κ2) is 16.0. The van der Waals surface area contributed by atoms with E-state index < -0.39 is 0 Å². The van der Waals surface area contributed by atoms with Crippen LogP contribution in [-0.4, -0.2) is 18.6 Å². The molecule has 0 radical (unpaired) electrons. The van der Waals surface area contributed by atoms with E-state index in [2.05, 4.69) is 43.3 Å². The largest absolute Gasteiger partial charge is 0.465 e. The van der Waals surface area contributed by atoms with E-state index in [9.17, 15) is 4.79 Å². The van der Waals surface area contributed by atoms with Crippen molar-refractivity contribution in [2.24, 2.45) is 5.92 Å². The molecule has 192 valence electrons. The van der Waals surface area contributed by atoms with Crippen LogP contribution in [0.5, 0.6) is 0 Å². The summed E-state index contributed by atoms with van der Waals surface area (Å²) in [5.74, 6) is 1.40. The molecular weight excluding hydrogens is 456 g/mol. The minimum Gasteiger partial charge on any atom is -0.465 e. The van der Waals surface area contributed by atoms with Crippen LogP contribution in [0.1, 0.15) is 99.3 Å². The van der Waals surface area contributed by atoms with Crippen LogP contribution in [0, 0.1) is 5.92 Å². The number of carbonyl (C=O) groups excluding carboxylic acids is 1. The van der Waals surface area contributed by atoms with Crippen LogP contribution < -0.4 is 0 Å². The summed E-state index contributed by atoms with van der Waals surface area (Å²) in [5.41, 5.74) is 5.25. The van der Waals surface area contributed by atoms with Crippen molar-refractivity contribution in [1.29, 1.82) is 0 Å². The van der Waals surface area contributed by atoms with Crippen molar-refractivity contribution in [3.05, 3.63) is 70.8 Å². The number of ether oxygens (including phenoxy) is 2. The molecule has 1 saturated carbocycles. The van der Waals surface area contributed by atoms with Gasteiger partial charge in [-0.05, 0) is 85.5 Å². The van der Waals surface area contributed by atoms with Gasteiger partial charge in [-0.3, -0.25) is 4.79 Å². The lowest BCUT2D eigenvalue weighted by Gasteiger charge is -2.29. The molecule has 0 spiro atoms. The summed E-state index contributed by atoms with van der Waals surface area (Å²) in [6, 6.07) is 17.8. The Morgan fingerprint density at radius 3 is 2.20 bits per heavy atom. The second-order valence-corrected chi connectivity index (χ2v) is 10.3. The number of carbonyl (C=O) groups is 1. The number of aryl methyl sites for hydroxylation is 1. The second-order valence-electron chi connectivity index (χ2n) is 10.1. The zero-order valence-electron chi connectivity index (χ0n) is 21.5. The molecule has 0 atom stereocenters. The summed E-state index contributed by atoms with van der Waals surface area (Å²) in [6.07, 6.45) is 13.6. The first-order valence-electron chi connectivity index (χ1n) is 13.6. The third-order valence-corrected chi connectivity index (χ3v) is 7.54. The monoisotopic (exact) mass is 498 g/mol. The highest BCUT2D eigenvalue weighted by Crippen LogP contribution is 2.37. The molecule has 1 aliphatic rings. The molecule has 0 heterocycles. The smallest absolute Gasteiger partial charge is 0.305 e. The fourth-order valence-corrected chi connectivity index (χ4v) is 5.25. The molecule has 0 aliphatic heterocycles. The Labute approximate surface area is 217 Å². The van der Waals surface area contributed by atoms with Gasteiger partial charge in [0.25, 0.3) is 0 Å². The van der Waals surface area contributed by atoms with Crippen LogP contribution in [0.15, 0.2) is 48.5 Å². The molecule has 4 heteroatoms. The molecule has 2 aromatic rings. The molecule has 0 bridgehead atoms. The van der Waals surface area contributed by atoms with Crippen LogP contribution in [0.4, 0.5) is 0 Å². The third kappa shape index (κ3) is 10.4. The number of rotatable bonds is 15. The molecule has 0 aromatic heterocycles. The van der Waals surface area contributed by atoms with Gasteiger partial charge >= 0.3 is 5.97 Å². The van der Waals surface area contributed by atoms with E-state index in [4.69, 9.17) is 21.1 Å².